The van der Waals surface area contributed by atoms with Crippen LogP contribution in [-0.4, -0.2) is 20.3 Å². The predicted octanol–water partition coefficient (Wildman–Crippen LogP) is 3.39. The predicted molar refractivity (Wildman–Crippen MR) is 82.0 cm³/mol. The van der Waals surface area contributed by atoms with Crippen LogP contribution in [0, 0.1) is 0 Å². The SMILES string of the molecule is CCc1ccsc1C(NC)c1ccc2c(c1)OCCO2. The van der Waals surface area contributed by atoms with Crippen LogP contribution in [0.5, 0.6) is 11.5 Å². The summed E-state index contributed by atoms with van der Waals surface area (Å²) >= 11 is 1.80. The summed E-state index contributed by atoms with van der Waals surface area (Å²) in [4.78, 5) is 1.38. The molecule has 1 aromatic heterocycles. The molecule has 4 heteroatoms. The topological polar surface area (TPSA) is 30.5 Å². The van der Waals surface area contributed by atoms with Gasteiger partial charge in [0.15, 0.2) is 11.5 Å². The maximum absolute atomic E-state index is 5.68. The Bertz CT molecular complexity index is 594. The van der Waals surface area contributed by atoms with Gasteiger partial charge >= 0.3 is 0 Å². The second-order valence-electron chi connectivity index (χ2n) is 4.79. The summed E-state index contributed by atoms with van der Waals surface area (Å²) in [6.45, 7) is 3.45. The van der Waals surface area contributed by atoms with Crippen molar-refractivity contribution in [3.05, 3.63) is 45.6 Å². The highest BCUT2D eigenvalue weighted by Crippen LogP contribution is 2.36. The zero-order valence-corrected chi connectivity index (χ0v) is 12.6. The van der Waals surface area contributed by atoms with E-state index < -0.39 is 0 Å². The molecular formula is C16H19NO2S. The largest absolute Gasteiger partial charge is 0.486 e. The number of thiophene rings is 1. The Morgan fingerprint density at radius 1 is 1.20 bits per heavy atom. The lowest BCUT2D eigenvalue weighted by Gasteiger charge is -2.22. The zero-order valence-electron chi connectivity index (χ0n) is 11.8. The van der Waals surface area contributed by atoms with E-state index in [0.717, 1.165) is 17.9 Å². The summed E-state index contributed by atoms with van der Waals surface area (Å²) in [7, 11) is 2.00. The molecule has 0 saturated heterocycles. The first-order chi connectivity index (χ1) is 9.83. The molecule has 0 radical (unpaired) electrons. The summed E-state index contributed by atoms with van der Waals surface area (Å²) in [5.41, 5.74) is 2.62. The lowest BCUT2D eigenvalue weighted by atomic mass is 10.0. The Morgan fingerprint density at radius 3 is 2.75 bits per heavy atom. The maximum atomic E-state index is 5.68. The molecule has 0 saturated carbocycles. The van der Waals surface area contributed by atoms with Crippen molar-refractivity contribution in [1.82, 2.24) is 5.32 Å². The van der Waals surface area contributed by atoms with Crippen molar-refractivity contribution in [3.63, 3.8) is 0 Å². The van der Waals surface area contributed by atoms with E-state index in [1.54, 1.807) is 11.3 Å². The molecule has 3 rings (SSSR count). The van der Waals surface area contributed by atoms with E-state index in [1.165, 1.54) is 16.0 Å². The molecule has 1 aliphatic rings. The molecule has 1 aliphatic heterocycles. The lowest BCUT2D eigenvalue weighted by molar-refractivity contribution is 0.171. The van der Waals surface area contributed by atoms with Gasteiger partial charge in [-0.2, -0.15) is 0 Å². The Balaban J connectivity index is 1.97. The number of ether oxygens (including phenoxy) is 2. The normalized spacial score (nSPS) is 15.1. The maximum Gasteiger partial charge on any atom is 0.161 e. The van der Waals surface area contributed by atoms with Gasteiger partial charge in [0, 0.05) is 4.88 Å². The van der Waals surface area contributed by atoms with Gasteiger partial charge in [0.05, 0.1) is 6.04 Å². The molecule has 2 heterocycles. The van der Waals surface area contributed by atoms with E-state index in [2.05, 4.69) is 35.8 Å². The zero-order chi connectivity index (χ0) is 13.9. The van der Waals surface area contributed by atoms with Crippen molar-refractivity contribution < 1.29 is 9.47 Å². The molecule has 1 aromatic carbocycles. The van der Waals surface area contributed by atoms with E-state index in [9.17, 15) is 0 Å². The lowest BCUT2D eigenvalue weighted by Crippen LogP contribution is -2.19. The minimum atomic E-state index is 0.209. The third-order valence-electron chi connectivity index (χ3n) is 3.61. The van der Waals surface area contributed by atoms with Crippen molar-refractivity contribution in [3.8, 4) is 11.5 Å². The number of nitrogens with one attached hydrogen (secondary N) is 1. The molecule has 106 valence electrons. The Morgan fingerprint density at radius 2 is 2.00 bits per heavy atom. The molecule has 20 heavy (non-hydrogen) atoms. The van der Waals surface area contributed by atoms with Gasteiger partial charge in [-0.25, -0.2) is 0 Å². The van der Waals surface area contributed by atoms with Crippen LogP contribution in [0.25, 0.3) is 0 Å². The summed E-state index contributed by atoms with van der Waals surface area (Å²) < 4.78 is 11.3. The van der Waals surface area contributed by atoms with E-state index in [1.807, 2.05) is 13.1 Å². The van der Waals surface area contributed by atoms with Gasteiger partial charge in [-0.3, -0.25) is 0 Å². The Labute approximate surface area is 123 Å². The molecule has 1 atom stereocenters. The highest BCUT2D eigenvalue weighted by atomic mass is 32.1. The van der Waals surface area contributed by atoms with Gasteiger partial charge in [0.25, 0.3) is 0 Å². The number of benzene rings is 1. The monoisotopic (exact) mass is 289 g/mol. The third kappa shape index (κ3) is 2.41. The molecule has 0 bridgehead atoms. The van der Waals surface area contributed by atoms with Crippen LogP contribution >= 0.6 is 11.3 Å². The van der Waals surface area contributed by atoms with Gasteiger partial charge in [-0.15, -0.1) is 11.3 Å². The van der Waals surface area contributed by atoms with Gasteiger partial charge in [-0.1, -0.05) is 13.0 Å². The Hall–Kier alpha value is -1.52. The van der Waals surface area contributed by atoms with Crippen LogP contribution < -0.4 is 14.8 Å². The van der Waals surface area contributed by atoms with Crippen LogP contribution in [-0.2, 0) is 6.42 Å². The first-order valence-corrected chi connectivity index (χ1v) is 7.84. The van der Waals surface area contributed by atoms with Gasteiger partial charge in [0.2, 0.25) is 0 Å². The van der Waals surface area contributed by atoms with Gasteiger partial charge in [-0.05, 0) is 48.2 Å². The summed E-state index contributed by atoms with van der Waals surface area (Å²) in [5.74, 6) is 1.69. The average Bonchev–Trinajstić information content (AvgIpc) is 2.96. The fraction of sp³-hybridized carbons (Fsp3) is 0.375. The van der Waals surface area contributed by atoms with Crippen molar-refractivity contribution in [1.29, 1.82) is 0 Å². The third-order valence-corrected chi connectivity index (χ3v) is 4.64. The minimum absolute atomic E-state index is 0.209. The highest BCUT2D eigenvalue weighted by molar-refractivity contribution is 7.10. The van der Waals surface area contributed by atoms with Crippen LogP contribution in [0.4, 0.5) is 0 Å². The van der Waals surface area contributed by atoms with Crippen LogP contribution in [0.2, 0.25) is 0 Å². The van der Waals surface area contributed by atoms with Crippen LogP contribution in [0.1, 0.15) is 29.0 Å². The molecule has 1 unspecified atom stereocenters. The molecule has 0 spiro atoms. The van der Waals surface area contributed by atoms with Crippen LogP contribution in [0.3, 0.4) is 0 Å². The minimum Gasteiger partial charge on any atom is -0.486 e. The van der Waals surface area contributed by atoms with Crippen LogP contribution in [0.15, 0.2) is 29.6 Å². The number of hydrogen-bond donors (Lipinski definition) is 1. The molecular weight excluding hydrogens is 270 g/mol. The quantitative estimate of drug-likeness (QED) is 0.936. The van der Waals surface area contributed by atoms with Crippen molar-refractivity contribution in [2.24, 2.45) is 0 Å². The van der Waals surface area contributed by atoms with E-state index in [0.29, 0.717) is 13.2 Å². The number of aryl methyl sites for hydroxylation is 1. The molecule has 2 aromatic rings. The number of hydrogen-bond acceptors (Lipinski definition) is 4. The first-order valence-electron chi connectivity index (χ1n) is 6.96. The average molecular weight is 289 g/mol. The van der Waals surface area contributed by atoms with E-state index in [4.69, 9.17) is 9.47 Å². The van der Waals surface area contributed by atoms with E-state index in [-0.39, 0.29) is 6.04 Å². The standard InChI is InChI=1S/C16H19NO2S/c1-3-11-6-9-20-16(11)15(17-2)12-4-5-13-14(10-12)19-8-7-18-13/h4-6,9-10,15,17H,3,7-8H2,1-2H3. The molecule has 0 amide bonds. The van der Waals surface area contributed by atoms with Gasteiger partial charge < -0.3 is 14.8 Å². The van der Waals surface area contributed by atoms with Gasteiger partial charge in [0.1, 0.15) is 13.2 Å². The smallest absolute Gasteiger partial charge is 0.161 e. The molecule has 1 N–H and O–H groups in total. The Kier molecular flexibility index (Phi) is 3.94. The summed E-state index contributed by atoms with van der Waals surface area (Å²) in [5, 5.41) is 5.58. The first kappa shape index (κ1) is 13.5. The molecule has 0 fully saturated rings. The van der Waals surface area contributed by atoms with Crippen molar-refractivity contribution in [2.75, 3.05) is 20.3 Å². The number of rotatable bonds is 4. The highest BCUT2D eigenvalue weighted by Gasteiger charge is 2.19. The summed E-state index contributed by atoms with van der Waals surface area (Å²) in [6.07, 6.45) is 1.06. The van der Waals surface area contributed by atoms with E-state index >= 15 is 0 Å². The summed E-state index contributed by atoms with van der Waals surface area (Å²) in [6, 6.07) is 8.64. The second kappa shape index (κ2) is 5.85. The second-order valence-corrected chi connectivity index (χ2v) is 5.74. The fourth-order valence-corrected chi connectivity index (χ4v) is 3.71. The van der Waals surface area contributed by atoms with Crippen molar-refractivity contribution >= 4 is 11.3 Å². The number of fused-ring (bicyclic) bond motifs is 1. The van der Waals surface area contributed by atoms with Crippen molar-refractivity contribution in [2.45, 2.75) is 19.4 Å². The molecule has 3 nitrogen and oxygen atoms in total. The molecule has 0 aliphatic carbocycles. The fourth-order valence-electron chi connectivity index (χ4n) is 2.58.